The molecule has 2 N–H and O–H groups in total. The highest BCUT2D eigenvalue weighted by atomic mass is 35.5. The predicted molar refractivity (Wildman–Crippen MR) is 118 cm³/mol. The third kappa shape index (κ3) is 4.27. The lowest BCUT2D eigenvalue weighted by molar-refractivity contribution is 0.102. The maximum Gasteiger partial charge on any atom is 0.301 e. The third-order valence-electron chi connectivity index (χ3n) is 4.53. The summed E-state index contributed by atoms with van der Waals surface area (Å²) in [7, 11) is -3.50. The van der Waals surface area contributed by atoms with Crippen molar-refractivity contribution in [2.45, 2.75) is 0 Å². The number of aromatic nitrogens is 1. The van der Waals surface area contributed by atoms with Crippen LogP contribution in [0.5, 0.6) is 0 Å². The normalized spacial score (nSPS) is 15.2. The monoisotopic (exact) mass is 462 g/mol. The van der Waals surface area contributed by atoms with E-state index >= 15 is 0 Å². The summed E-state index contributed by atoms with van der Waals surface area (Å²) >= 11 is 12.2. The largest absolute Gasteiger partial charge is 0.322 e. The summed E-state index contributed by atoms with van der Waals surface area (Å²) in [5.41, 5.74) is 2.73. The summed E-state index contributed by atoms with van der Waals surface area (Å²) in [6.45, 7) is 0.701. The van der Waals surface area contributed by atoms with Crippen LogP contribution in [0.25, 0.3) is 11.3 Å². The van der Waals surface area contributed by atoms with Gasteiger partial charge in [-0.15, -0.1) is 0 Å². The van der Waals surface area contributed by atoms with E-state index in [0.29, 0.717) is 51.3 Å². The summed E-state index contributed by atoms with van der Waals surface area (Å²) in [6.07, 6.45) is 1.52. The zero-order valence-corrected chi connectivity index (χ0v) is 17.8. The first-order chi connectivity index (χ1) is 14.3. The Labute approximate surface area is 183 Å². The van der Waals surface area contributed by atoms with Crippen LogP contribution in [0.4, 0.5) is 11.4 Å². The van der Waals surface area contributed by atoms with Crippen LogP contribution in [0.2, 0.25) is 10.0 Å². The van der Waals surface area contributed by atoms with Crippen LogP contribution in [0, 0.1) is 0 Å². The molecule has 0 bridgehead atoms. The Hall–Kier alpha value is -2.65. The average molecular weight is 463 g/mol. The van der Waals surface area contributed by atoms with Gasteiger partial charge < -0.3 is 5.32 Å². The molecule has 0 atom stereocenters. The molecule has 0 aliphatic carbocycles. The lowest BCUT2D eigenvalue weighted by atomic mass is 10.1. The highest BCUT2D eigenvalue weighted by molar-refractivity contribution is 7.91. The summed E-state index contributed by atoms with van der Waals surface area (Å²) in [5, 5.41) is 3.82. The zero-order valence-electron chi connectivity index (χ0n) is 15.5. The van der Waals surface area contributed by atoms with Gasteiger partial charge in [-0.3, -0.25) is 14.1 Å². The molecule has 7 nitrogen and oxygen atoms in total. The van der Waals surface area contributed by atoms with Crippen molar-refractivity contribution < 1.29 is 13.2 Å². The molecule has 2 aromatic carbocycles. The van der Waals surface area contributed by atoms with E-state index in [-0.39, 0.29) is 5.91 Å². The molecule has 4 rings (SSSR count). The second kappa shape index (κ2) is 8.23. The van der Waals surface area contributed by atoms with E-state index in [1.54, 1.807) is 54.6 Å². The van der Waals surface area contributed by atoms with Crippen LogP contribution in [-0.4, -0.2) is 32.4 Å². The molecule has 2 heterocycles. The lowest BCUT2D eigenvalue weighted by Gasteiger charge is -2.16. The fourth-order valence-corrected chi connectivity index (χ4v) is 4.62. The van der Waals surface area contributed by atoms with Gasteiger partial charge in [-0.05, 0) is 54.6 Å². The van der Waals surface area contributed by atoms with Crippen LogP contribution >= 0.6 is 23.2 Å². The van der Waals surface area contributed by atoms with Gasteiger partial charge in [0.15, 0.2) is 0 Å². The van der Waals surface area contributed by atoms with Crippen LogP contribution in [-0.2, 0) is 10.2 Å². The van der Waals surface area contributed by atoms with Crippen LogP contribution in [0.1, 0.15) is 10.4 Å². The Balaban J connectivity index is 1.53. The zero-order chi connectivity index (χ0) is 21.3. The first kappa shape index (κ1) is 20.6. The van der Waals surface area contributed by atoms with E-state index in [1.165, 1.54) is 10.5 Å². The molecule has 3 aromatic rings. The summed E-state index contributed by atoms with van der Waals surface area (Å²) < 4.78 is 27.6. The maximum absolute atomic E-state index is 12.6. The van der Waals surface area contributed by atoms with Crippen LogP contribution in [0.3, 0.4) is 0 Å². The van der Waals surface area contributed by atoms with Crippen molar-refractivity contribution in [2.24, 2.45) is 0 Å². The molecule has 1 amide bonds. The molecule has 1 aliphatic heterocycles. The van der Waals surface area contributed by atoms with Gasteiger partial charge in [-0.1, -0.05) is 23.2 Å². The molecule has 1 saturated heterocycles. The molecule has 1 aromatic heterocycles. The Morgan fingerprint density at radius 2 is 1.83 bits per heavy atom. The number of rotatable bonds is 4. The maximum atomic E-state index is 12.6. The van der Waals surface area contributed by atoms with Crippen molar-refractivity contribution in [1.29, 1.82) is 0 Å². The number of carbonyl (C=O) groups is 1. The number of pyridine rings is 1. The van der Waals surface area contributed by atoms with Gasteiger partial charge in [-0.25, -0.2) is 0 Å². The molecule has 0 saturated carbocycles. The van der Waals surface area contributed by atoms with Crippen molar-refractivity contribution in [1.82, 2.24) is 9.71 Å². The van der Waals surface area contributed by atoms with E-state index in [4.69, 9.17) is 23.2 Å². The third-order valence-corrected chi connectivity index (χ3v) is 6.63. The second-order valence-electron chi connectivity index (χ2n) is 6.53. The van der Waals surface area contributed by atoms with E-state index in [9.17, 15) is 13.2 Å². The van der Waals surface area contributed by atoms with Crippen molar-refractivity contribution in [3.63, 3.8) is 0 Å². The molecular weight excluding hydrogens is 447 g/mol. The smallest absolute Gasteiger partial charge is 0.301 e. The standard InChI is InChI=1S/C20H16Cl2N4O3S/c21-14-3-8-19(23-12-14)17-11-15(4-7-18(17)22)25-20(27)13-1-5-16(6-2-13)26-10-9-24-30(26,28)29/h1-8,11-12,24H,9-10H2,(H,25,27). The van der Waals surface area contributed by atoms with E-state index in [0.717, 1.165) is 0 Å². The number of anilines is 2. The van der Waals surface area contributed by atoms with Crippen molar-refractivity contribution in [2.75, 3.05) is 22.7 Å². The second-order valence-corrected chi connectivity index (χ2v) is 9.05. The van der Waals surface area contributed by atoms with Gasteiger partial charge in [0.1, 0.15) is 0 Å². The minimum absolute atomic E-state index is 0.332. The first-order valence-corrected chi connectivity index (χ1v) is 11.1. The Bertz CT molecular complexity index is 1200. The van der Waals surface area contributed by atoms with Crippen LogP contribution < -0.4 is 14.3 Å². The fraction of sp³-hybridized carbons (Fsp3) is 0.100. The Morgan fingerprint density at radius 3 is 2.47 bits per heavy atom. The highest BCUT2D eigenvalue weighted by Gasteiger charge is 2.27. The molecule has 0 radical (unpaired) electrons. The van der Waals surface area contributed by atoms with Crippen molar-refractivity contribution in [3.8, 4) is 11.3 Å². The predicted octanol–water partition coefficient (Wildman–Crippen LogP) is 3.96. The first-order valence-electron chi connectivity index (χ1n) is 8.94. The molecule has 10 heteroatoms. The molecule has 0 unspecified atom stereocenters. The SMILES string of the molecule is O=C(Nc1ccc(Cl)c(-c2ccc(Cl)cn2)c1)c1ccc(N2CCNS2(=O)=O)cc1. The quantitative estimate of drug-likeness (QED) is 0.613. The van der Waals surface area contributed by atoms with Crippen molar-refractivity contribution >= 4 is 50.7 Å². The summed E-state index contributed by atoms with van der Waals surface area (Å²) in [4.78, 5) is 16.9. The van der Waals surface area contributed by atoms with Gasteiger partial charge in [-0.2, -0.15) is 13.1 Å². The number of carbonyl (C=O) groups excluding carboxylic acids is 1. The molecule has 30 heavy (non-hydrogen) atoms. The number of amides is 1. The highest BCUT2D eigenvalue weighted by Crippen LogP contribution is 2.30. The minimum atomic E-state index is -3.50. The Morgan fingerprint density at radius 1 is 1.07 bits per heavy atom. The number of nitrogens with zero attached hydrogens (tertiary/aromatic N) is 2. The number of nitrogens with one attached hydrogen (secondary N) is 2. The summed E-state index contributed by atoms with van der Waals surface area (Å²) in [5.74, 6) is -0.332. The van der Waals surface area contributed by atoms with E-state index < -0.39 is 10.2 Å². The number of hydrogen-bond acceptors (Lipinski definition) is 4. The average Bonchev–Trinajstić information content (AvgIpc) is 3.09. The van der Waals surface area contributed by atoms with Gasteiger partial charge in [0, 0.05) is 36.1 Å². The van der Waals surface area contributed by atoms with Gasteiger partial charge in [0.05, 0.1) is 21.4 Å². The van der Waals surface area contributed by atoms with E-state index in [2.05, 4.69) is 15.0 Å². The lowest BCUT2D eigenvalue weighted by Crippen LogP contribution is -2.29. The van der Waals surface area contributed by atoms with Crippen LogP contribution in [0.15, 0.2) is 60.8 Å². The van der Waals surface area contributed by atoms with Crippen molar-refractivity contribution in [3.05, 3.63) is 76.4 Å². The fourth-order valence-electron chi connectivity index (χ4n) is 3.06. The number of hydrogen-bond donors (Lipinski definition) is 2. The molecule has 1 fully saturated rings. The topological polar surface area (TPSA) is 91.4 Å². The molecule has 1 aliphatic rings. The molecule has 0 spiro atoms. The van der Waals surface area contributed by atoms with Gasteiger partial charge in [0.2, 0.25) is 0 Å². The van der Waals surface area contributed by atoms with E-state index in [1.807, 2.05) is 0 Å². The van der Waals surface area contributed by atoms with Gasteiger partial charge in [0.25, 0.3) is 5.91 Å². The number of benzene rings is 2. The minimum Gasteiger partial charge on any atom is -0.322 e. The molecule has 154 valence electrons. The molecular formula is C20H16Cl2N4O3S. The Kier molecular flexibility index (Phi) is 5.66. The van der Waals surface area contributed by atoms with Gasteiger partial charge >= 0.3 is 10.2 Å². The number of halogens is 2. The summed E-state index contributed by atoms with van der Waals surface area (Å²) in [6, 6.07) is 14.9.